The van der Waals surface area contributed by atoms with Crippen molar-refractivity contribution in [2.75, 3.05) is 0 Å². The minimum absolute atomic E-state index is 0.190. The smallest absolute Gasteiger partial charge is 0.306 e. The monoisotopic (exact) mass is 634 g/mol. The largest absolute Gasteiger partial charge is 0.457 e. The van der Waals surface area contributed by atoms with E-state index in [2.05, 4.69) is 0 Å². The number of hydrogen-bond acceptors (Lipinski definition) is 11. The van der Waals surface area contributed by atoms with E-state index >= 15 is 0 Å². The number of rotatable bonds is 21. The van der Waals surface area contributed by atoms with Gasteiger partial charge < -0.3 is 49.6 Å². The fourth-order valence-corrected chi connectivity index (χ4v) is 6.19. The standard InChI is InChI=1S/C33H62O11/c1-5-24-27(37)28(38)31(22(4)41-24)44-33-30(40)29(39)32(25(6-2)42-33)43-26(36)20-16-12-8-11-15-19-23(35)18-14-10-7-9-13-17-21(3)34/h21-25,27-35,37-40H,5-20H2,1-4H3/t21?,22-,23?,24?,25?,27-,28+,29-,30?,31?,32-,33+/m1/s1. The van der Waals surface area contributed by atoms with E-state index in [1.165, 1.54) is 0 Å². The molecular weight excluding hydrogens is 572 g/mol. The van der Waals surface area contributed by atoms with Crippen molar-refractivity contribution in [2.45, 2.75) is 204 Å². The summed E-state index contributed by atoms with van der Waals surface area (Å²) >= 11 is 0. The van der Waals surface area contributed by atoms with Gasteiger partial charge in [-0.2, -0.15) is 0 Å². The molecule has 11 nitrogen and oxygen atoms in total. The molecule has 0 saturated carbocycles. The maximum atomic E-state index is 12.6. The summed E-state index contributed by atoms with van der Waals surface area (Å²) in [7, 11) is 0. The molecule has 2 aliphatic heterocycles. The number of ether oxygens (including phenoxy) is 4. The Morgan fingerprint density at radius 3 is 1.77 bits per heavy atom. The van der Waals surface area contributed by atoms with Gasteiger partial charge in [-0.1, -0.05) is 71.6 Å². The van der Waals surface area contributed by atoms with Crippen molar-refractivity contribution < 1.29 is 54.4 Å². The fourth-order valence-electron chi connectivity index (χ4n) is 6.19. The molecule has 2 fully saturated rings. The summed E-state index contributed by atoms with van der Waals surface area (Å²) < 4.78 is 23.0. The van der Waals surface area contributed by atoms with Crippen molar-refractivity contribution in [3.63, 3.8) is 0 Å². The van der Waals surface area contributed by atoms with Gasteiger partial charge in [-0.05, 0) is 52.4 Å². The van der Waals surface area contributed by atoms with Gasteiger partial charge in [-0.15, -0.1) is 0 Å². The quantitative estimate of drug-likeness (QED) is 0.0807. The summed E-state index contributed by atoms with van der Waals surface area (Å²) in [6.07, 6.45) is 2.37. The predicted octanol–water partition coefficient (Wildman–Crippen LogP) is 3.26. The van der Waals surface area contributed by atoms with E-state index in [4.69, 9.17) is 18.9 Å². The van der Waals surface area contributed by atoms with Crippen LogP contribution in [0.25, 0.3) is 0 Å². The van der Waals surface area contributed by atoms with E-state index < -0.39 is 67.2 Å². The van der Waals surface area contributed by atoms with E-state index in [0.29, 0.717) is 19.3 Å². The van der Waals surface area contributed by atoms with E-state index in [0.717, 1.165) is 77.0 Å². The van der Waals surface area contributed by atoms with Gasteiger partial charge in [0.1, 0.15) is 36.6 Å². The number of hydrogen-bond donors (Lipinski definition) is 6. The number of carbonyl (C=O) groups is 1. The molecule has 44 heavy (non-hydrogen) atoms. The van der Waals surface area contributed by atoms with E-state index in [-0.39, 0.29) is 18.6 Å². The minimum Gasteiger partial charge on any atom is -0.457 e. The summed E-state index contributed by atoms with van der Waals surface area (Å²) in [5.41, 5.74) is 0. The first-order valence-electron chi connectivity index (χ1n) is 17.2. The third-order valence-corrected chi connectivity index (χ3v) is 9.00. The van der Waals surface area contributed by atoms with Crippen LogP contribution in [0.4, 0.5) is 0 Å². The van der Waals surface area contributed by atoms with E-state index in [1.807, 2.05) is 20.8 Å². The molecule has 0 aromatic rings. The lowest BCUT2D eigenvalue weighted by atomic mass is 9.93. The number of esters is 1. The summed E-state index contributed by atoms with van der Waals surface area (Å²) in [5, 5.41) is 62.0. The lowest BCUT2D eigenvalue weighted by molar-refractivity contribution is -0.337. The number of aliphatic hydroxyl groups excluding tert-OH is 6. The Bertz CT molecular complexity index is 766. The highest BCUT2D eigenvalue weighted by molar-refractivity contribution is 5.69. The van der Waals surface area contributed by atoms with Crippen molar-refractivity contribution >= 4 is 5.97 Å². The van der Waals surface area contributed by atoms with Gasteiger partial charge in [-0.25, -0.2) is 0 Å². The van der Waals surface area contributed by atoms with E-state index in [9.17, 15) is 35.4 Å². The maximum Gasteiger partial charge on any atom is 0.306 e. The first-order chi connectivity index (χ1) is 21.0. The Morgan fingerprint density at radius 2 is 1.20 bits per heavy atom. The average molecular weight is 635 g/mol. The molecule has 12 atom stereocenters. The Balaban J connectivity index is 1.63. The fraction of sp³-hybridized carbons (Fsp3) is 0.970. The first kappa shape index (κ1) is 39.3. The summed E-state index contributed by atoms with van der Waals surface area (Å²) in [6.45, 7) is 7.17. The number of carbonyl (C=O) groups excluding carboxylic acids is 1. The second-order valence-corrected chi connectivity index (χ2v) is 12.9. The molecule has 2 saturated heterocycles. The van der Waals surface area contributed by atoms with Crippen LogP contribution in [0.3, 0.4) is 0 Å². The van der Waals surface area contributed by atoms with Crippen molar-refractivity contribution in [3.8, 4) is 0 Å². The molecule has 2 aliphatic rings. The SMILES string of the molecule is CCC1O[C@H](C)C(O[C@@H]2OC(CC)[C@@H](OC(=O)CCCCCCCC(O)CCCCCCCC(C)O)[C@H](O)C2O)[C@@H](O)[C@@H]1O. The molecule has 2 rings (SSSR count). The highest BCUT2D eigenvalue weighted by atomic mass is 16.7. The Hall–Kier alpha value is -0.890. The summed E-state index contributed by atoms with van der Waals surface area (Å²) in [4.78, 5) is 12.6. The summed E-state index contributed by atoms with van der Waals surface area (Å²) in [5.74, 6) is -0.470. The molecule has 0 radical (unpaired) electrons. The lowest BCUT2D eigenvalue weighted by Gasteiger charge is -2.46. The topological polar surface area (TPSA) is 175 Å². The molecule has 2 heterocycles. The molecule has 0 aliphatic carbocycles. The van der Waals surface area contributed by atoms with Crippen LogP contribution in [0, 0.1) is 0 Å². The summed E-state index contributed by atoms with van der Waals surface area (Å²) in [6, 6.07) is 0. The molecular formula is C33H62O11. The van der Waals surface area contributed by atoms with Crippen LogP contribution in [0.15, 0.2) is 0 Å². The lowest BCUT2D eigenvalue weighted by Crippen LogP contribution is -2.63. The number of aliphatic hydroxyl groups is 6. The van der Waals surface area contributed by atoms with Crippen LogP contribution in [-0.4, -0.2) is 110 Å². The van der Waals surface area contributed by atoms with Gasteiger partial charge in [0.2, 0.25) is 0 Å². The number of unbranched alkanes of at least 4 members (excludes halogenated alkanes) is 8. The van der Waals surface area contributed by atoms with Gasteiger partial charge in [0.05, 0.1) is 24.4 Å². The Kier molecular flexibility index (Phi) is 18.8. The third-order valence-electron chi connectivity index (χ3n) is 9.00. The second kappa shape index (κ2) is 21.1. The normalized spacial score (nSPS) is 34.0. The highest BCUT2D eigenvalue weighted by Crippen LogP contribution is 2.31. The van der Waals surface area contributed by atoms with Crippen LogP contribution < -0.4 is 0 Å². The van der Waals surface area contributed by atoms with Crippen LogP contribution in [0.1, 0.15) is 130 Å². The molecule has 6 unspecified atom stereocenters. The van der Waals surface area contributed by atoms with Crippen molar-refractivity contribution in [3.05, 3.63) is 0 Å². The first-order valence-corrected chi connectivity index (χ1v) is 17.2. The zero-order valence-electron chi connectivity index (χ0n) is 27.5. The predicted molar refractivity (Wildman–Crippen MR) is 165 cm³/mol. The van der Waals surface area contributed by atoms with E-state index in [1.54, 1.807) is 6.92 Å². The maximum absolute atomic E-state index is 12.6. The van der Waals surface area contributed by atoms with Gasteiger partial charge in [0.25, 0.3) is 0 Å². The minimum atomic E-state index is -1.54. The molecule has 0 aromatic heterocycles. The van der Waals surface area contributed by atoms with Gasteiger partial charge in [-0.3, -0.25) is 4.79 Å². The Morgan fingerprint density at radius 1 is 0.682 bits per heavy atom. The van der Waals surface area contributed by atoms with Gasteiger partial charge in [0.15, 0.2) is 12.4 Å². The van der Waals surface area contributed by atoms with Crippen molar-refractivity contribution in [2.24, 2.45) is 0 Å². The molecule has 6 N–H and O–H groups in total. The molecule has 11 heteroatoms. The molecule has 0 aromatic carbocycles. The van der Waals surface area contributed by atoms with Crippen molar-refractivity contribution in [1.82, 2.24) is 0 Å². The molecule has 0 spiro atoms. The Labute approximate surface area is 264 Å². The van der Waals surface area contributed by atoms with Crippen LogP contribution >= 0.6 is 0 Å². The zero-order chi connectivity index (χ0) is 32.6. The van der Waals surface area contributed by atoms with Crippen LogP contribution in [0.2, 0.25) is 0 Å². The third kappa shape index (κ3) is 13.1. The van der Waals surface area contributed by atoms with Crippen molar-refractivity contribution in [1.29, 1.82) is 0 Å². The van der Waals surface area contributed by atoms with Gasteiger partial charge in [0, 0.05) is 6.42 Å². The van der Waals surface area contributed by atoms with Gasteiger partial charge >= 0.3 is 5.97 Å². The molecule has 0 bridgehead atoms. The van der Waals surface area contributed by atoms with Crippen LogP contribution in [0.5, 0.6) is 0 Å². The average Bonchev–Trinajstić information content (AvgIpc) is 2.99. The van der Waals surface area contributed by atoms with Crippen LogP contribution in [-0.2, 0) is 23.7 Å². The zero-order valence-corrected chi connectivity index (χ0v) is 27.5. The second-order valence-electron chi connectivity index (χ2n) is 12.9. The highest BCUT2D eigenvalue weighted by Gasteiger charge is 2.50. The molecule has 0 amide bonds. The molecule has 260 valence electrons.